The molecule has 1 aromatic carbocycles. The van der Waals surface area contributed by atoms with Crippen molar-refractivity contribution < 1.29 is 5.21 Å². The van der Waals surface area contributed by atoms with Gasteiger partial charge in [-0.05, 0) is 12.5 Å². The zero-order valence-electron chi connectivity index (χ0n) is 11.3. The summed E-state index contributed by atoms with van der Waals surface area (Å²) in [5, 5.41) is 18.4. The minimum atomic E-state index is -0.152. The molecule has 0 aliphatic rings. The molecule has 0 saturated carbocycles. The van der Waals surface area contributed by atoms with Crippen LogP contribution in [-0.2, 0) is 6.54 Å². The first-order chi connectivity index (χ1) is 9.70. The minimum Gasteiger partial charge on any atom is -0.409 e. The highest BCUT2D eigenvalue weighted by Gasteiger charge is 2.16. The first-order valence-corrected chi connectivity index (χ1v) is 7.22. The summed E-state index contributed by atoms with van der Waals surface area (Å²) in [7, 11) is 0. The Kier molecular flexibility index (Phi) is 5.09. The van der Waals surface area contributed by atoms with Crippen molar-refractivity contribution in [1.29, 1.82) is 0 Å². The smallest absolute Gasteiger partial charge is 0.147 e. The molecule has 0 spiro atoms. The number of nitrogens with one attached hydrogen (secondary N) is 1. The number of nitrogens with two attached hydrogens (primary N) is 1. The monoisotopic (exact) mass is 290 g/mol. The summed E-state index contributed by atoms with van der Waals surface area (Å²) in [4.78, 5) is 4.39. The summed E-state index contributed by atoms with van der Waals surface area (Å²) in [6.45, 7) is 3.25. The number of hydrogen-bond donors (Lipinski definition) is 3. The molecule has 1 aromatic heterocycles. The van der Waals surface area contributed by atoms with Gasteiger partial charge in [-0.25, -0.2) is 4.98 Å². The molecule has 1 unspecified atom stereocenters. The molecule has 4 N–H and O–H groups in total. The number of aryl methyl sites for hydroxylation is 1. The molecule has 0 aliphatic heterocycles. The largest absolute Gasteiger partial charge is 0.409 e. The Hall–Kier alpha value is -1.92. The summed E-state index contributed by atoms with van der Waals surface area (Å²) in [5.41, 5.74) is 7.81. The van der Waals surface area contributed by atoms with E-state index in [1.165, 1.54) is 0 Å². The Bertz CT molecular complexity index is 568. The summed E-state index contributed by atoms with van der Waals surface area (Å²) in [5.74, 6) is 0.0547. The predicted molar refractivity (Wildman–Crippen MR) is 81.1 cm³/mol. The lowest BCUT2D eigenvalue weighted by Crippen LogP contribution is -2.31. The number of amidine groups is 1. The zero-order chi connectivity index (χ0) is 14.4. The van der Waals surface area contributed by atoms with Gasteiger partial charge in [-0.15, -0.1) is 11.3 Å². The van der Waals surface area contributed by atoms with Crippen LogP contribution in [0.3, 0.4) is 0 Å². The molecule has 1 atom stereocenters. The van der Waals surface area contributed by atoms with Gasteiger partial charge in [-0.3, -0.25) is 0 Å². The second kappa shape index (κ2) is 7.02. The number of rotatable bonds is 6. The van der Waals surface area contributed by atoms with E-state index in [1.807, 2.05) is 42.6 Å². The highest BCUT2D eigenvalue weighted by atomic mass is 32.1. The van der Waals surface area contributed by atoms with E-state index in [-0.39, 0.29) is 11.8 Å². The lowest BCUT2D eigenvalue weighted by atomic mass is 9.98. The highest BCUT2D eigenvalue weighted by molar-refractivity contribution is 7.09. The summed E-state index contributed by atoms with van der Waals surface area (Å²) in [6.07, 6.45) is 0. The second-order valence-electron chi connectivity index (χ2n) is 4.48. The third-order valence-electron chi connectivity index (χ3n) is 3.00. The van der Waals surface area contributed by atoms with Gasteiger partial charge in [0.2, 0.25) is 0 Å². The number of oxime groups is 1. The first kappa shape index (κ1) is 14.5. The molecule has 0 aliphatic carbocycles. The molecular weight excluding hydrogens is 272 g/mol. The third kappa shape index (κ3) is 3.79. The van der Waals surface area contributed by atoms with Crippen LogP contribution in [0, 0.1) is 6.92 Å². The maximum Gasteiger partial charge on any atom is 0.147 e. The van der Waals surface area contributed by atoms with Crippen LogP contribution >= 0.6 is 11.3 Å². The van der Waals surface area contributed by atoms with Crippen molar-refractivity contribution in [3.05, 3.63) is 52.0 Å². The van der Waals surface area contributed by atoms with Crippen LogP contribution in [0.1, 0.15) is 22.2 Å². The molecule has 2 aromatic rings. The van der Waals surface area contributed by atoms with Gasteiger partial charge in [-0.2, -0.15) is 0 Å². The van der Waals surface area contributed by atoms with E-state index in [9.17, 15) is 0 Å². The fourth-order valence-corrected chi connectivity index (χ4v) is 2.59. The quantitative estimate of drug-likeness (QED) is 0.329. The van der Waals surface area contributed by atoms with E-state index in [0.29, 0.717) is 13.1 Å². The molecule has 2 rings (SSSR count). The van der Waals surface area contributed by atoms with Gasteiger partial charge in [0, 0.05) is 18.5 Å². The molecule has 0 radical (unpaired) electrons. The first-order valence-electron chi connectivity index (χ1n) is 6.34. The van der Waals surface area contributed by atoms with E-state index in [1.54, 1.807) is 11.3 Å². The molecule has 0 amide bonds. The SMILES string of the molecule is Cc1nc(CNCC(C(N)=NO)c2ccccc2)cs1. The van der Waals surface area contributed by atoms with Crippen molar-refractivity contribution in [1.82, 2.24) is 10.3 Å². The number of thiazole rings is 1. The van der Waals surface area contributed by atoms with Gasteiger partial charge in [-0.1, -0.05) is 35.5 Å². The highest BCUT2D eigenvalue weighted by Crippen LogP contribution is 2.15. The summed E-state index contributed by atoms with van der Waals surface area (Å²) in [6, 6.07) is 9.76. The van der Waals surface area contributed by atoms with Crippen LogP contribution in [0.4, 0.5) is 0 Å². The average molecular weight is 290 g/mol. The van der Waals surface area contributed by atoms with Crippen molar-refractivity contribution in [3.63, 3.8) is 0 Å². The molecule has 0 saturated heterocycles. The van der Waals surface area contributed by atoms with Crippen LogP contribution in [0.25, 0.3) is 0 Å². The van der Waals surface area contributed by atoms with Crippen LogP contribution < -0.4 is 11.1 Å². The number of benzene rings is 1. The predicted octanol–water partition coefficient (Wildman–Crippen LogP) is 2.07. The van der Waals surface area contributed by atoms with E-state index < -0.39 is 0 Å². The minimum absolute atomic E-state index is 0.152. The summed E-state index contributed by atoms with van der Waals surface area (Å²) >= 11 is 1.63. The second-order valence-corrected chi connectivity index (χ2v) is 5.54. The lowest BCUT2D eigenvalue weighted by Gasteiger charge is -2.16. The van der Waals surface area contributed by atoms with E-state index in [4.69, 9.17) is 10.9 Å². The lowest BCUT2D eigenvalue weighted by molar-refractivity contribution is 0.315. The topological polar surface area (TPSA) is 83.5 Å². The Morgan fingerprint density at radius 2 is 2.20 bits per heavy atom. The fourth-order valence-electron chi connectivity index (χ4n) is 1.98. The standard InChI is InChI=1S/C14H18N4OS/c1-10-17-12(9-20-10)7-16-8-13(14(15)18-19)11-5-3-2-4-6-11/h2-6,9,13,16,19H,7-8H2,1H3,(H2,15,18). The van der Waals surface area contributed by atoms with Crippen LogP contribution in [0.5, 0.6) is 0 Å². The number of nitrogens with zero attached hydrogens (tertiary/aromatic N) is 2. The summed E-state index contributed by atoms with van der Waals surface area (Å²) < 4.78 is 0. The average Bonchev–Trinajstić information content (AvgIpc) is 2.89. The Morgan fingerprint density at radius 3 is 2.80 bits per heavy atom. The van der Waals surface area contributed by atoms with E-state index in [0.717, 1.165) is 16.3 Å². The molecule has 1 heterocycles. The molecule has 0 fully saturated rings. The maximum atomic E-state index is 8.91. The van der Waals surface area contributed by atoms with Crippen LogP contribution in [-0.4, -0.2) is 22.6 Å². The van der Waals surface area contributed by atoms with E-state index in [2.05, 4.69) is 15.5 Å². The molecule has 106 valence electrons. The molecule has 6 heteroatoms. The van der Waals surface area contributed by atoms with Crippen molar-refractivity contribution >= 4 is 17.2 Å². The Balaban J connectivity index is 1.98. The van der Waals surface area contributed by atoms with Crippen molar-refractivity contribution in [2.45, 2.75) is 19.4 Å². The van der Waals surface area contributed by atoms with Crippen LogP contribution in [0.2, 0.25) is 0 Å². The Labute approximate surface area is 122 Å². The van der Waals surface area contributed by atoms with Gasteiger partial charge >= 0.3 is 0 Å². The number of hydrogen-bond acceptors (Lipinski definition) is 5. The zero-order valence-corrected chi connectivity index (χ0v) is 12.1. The molecule has 0 bridgehead atoms. The van der Waals surface area contributed by atoms with Gasteiger partial charge in [0.1, 0.15) is 5.84 Å². The normalized spacial score (nSPS) is 13.3. The molecule has 20 heavy (non-hydrogen) atoms. The Morgan fingerprint density at radius 1 is 1.45 bits per heavy atom. The van der Waals surface area contributed by atoms with E-state index >= 15 is 0 Å². The van der Waals surface area contributed by atoms with Crippen molar-refractivity contribution in [2.24, 2.45) is 10.9 Å². The third-order valence-corrected chi connectivity index (χ3v) is 3.82. The van der Waals surface area contributed by atoms with Crippen LogP contribution in [0.15, 0.2) is 40.9 Å². The van der Waals surface area contributed by atoms with Gasteiger partial charge in [0.25, 0.3) is 0 Å². The van der Waals surface area contributed by atoms with Crippen molar-refractivity contribution in [3.8, 4) is 0 Å². The van der Waals surface area contributed by atoms with Gasteiger partial charge < -0.3 is 16.3 Å². The molecular formula is C14H18N4OS. The maximum absolute atomic E-state index is 8.91. The number of aromatic nitrogens is 1. The fraction of sp³-hybridized carbons (Fsp3) is 0.286. The van der Waals surface area contributed by atoms with Gasteiger partial charge in [0.05, 0.1) is 16.6 Å². The molecule has 5 nitrogen and oxygen atoms in total. The van der Waals surface area contributed by atoms with Gasteiger partial charge in [0.15, 0.2) is 0 Å². The van der Waals surface area contributed by atoms with Crippen molar-refractivity contribution in [2.75, 3.05) is 6.54 Å².